The zero-order valence-corrected chi connectivity index (χ0v) is 11.4. The summed E-state index contributed by atoms with van der Waals surface area (Å²) >= 11 is 0. The van der Waals surface area contributed by atoms with Crippen molar-refractivity contribution in [3.63, 3.8) is 0 Å². The quantitative estimate of drug-likeness (QED) is 0.641. The van der Waals surface area contributed by atoms with Crippen LogP contribution in [0.1, 0.15) is 37.7 Å². The lowest BCUT2D eigenvalue weighted by atomic mass is 9.96. The topological polar surface area (TPSA) is 72.5 Å². The fourth-order valence-electron chi connectivity index (χ4n) is 2.34. The summed E-state index contributed by atoms with van der Waals surface area (Å²) in [5, 5.41) is 3.30. The van der Waals surface area contributed by atoms with E-state index in [2.05, 4.69) is 15.3 Å². The monoisotopic (exact) mass is 262 g/mol. The molecule has 0 aliphatic heterocycles. The summed E-state index contributed by atoms with van der Waals surface area (Å²) in [6.45, 7) is 0.546. The molecule has 5 heteroatoms. The maximum Gasteiger partial charge on any atom is 0.213 e. The lowest BCUT2D eigenvalue weighted by molar-refractivity contribution is 0.397. The van der Waals surface area contributed by atoms with E-state index in [0.717, 1.165) is 5.56 Å². The van der Waals surface area contributed by atoms with E-state index in [4.69, 9.17) is 10.5 Å². The van der Waals surface area contributed by atoms with Gasteiger partial charge in [0.2, 0.25) is 5.88 Å². The molecule has 19 heavy (non-hydrogen) atoms. The molecule has 0 saturated heterocycles. The average Bonchev–Trinajstić information content (AvgIpc) is 2.46. The summed E-state index contributed by atoms with van der Waals surface area (Å²) < 4.78 is 5.08. The Kier molecular flexibility index (Phi) is 5.01. The molecule has 0 radical (unpaired) electrons. The van der Waals surface area contributed by atoms with E-state index in [9.17, 15) is 0 Å². The number of aromatic nitrogens is 1. The predicted molar refractivity (Wildman–Crippen MR) is 76.1 cm³/mol. The van der Waals surface area contributed by atoms with Crippen LogP contribution in [0, 0.1) is 0 Å². The van der Waals surface area contributed by atoms with Crippen LogP contribution in [0.5, 0.6) is 5.88 Å². The first-order chi connectivity index (χ1) is 9.28. The highest BCUT2D eigenvalue weighted by Gasteiger charge is 2.13. The van der Waals surface area contributed by atoms with Gasteiger partial charge < -0.3 is 15.8 Å². The molecule has 0 aromatic carbocycles. The third-order valence-corrected chi connectivity index (χ3v) is 3.40. The maximum atomic E-state index is 5.91. The van der Waals surface area contributed by atoms with E-state index in [1.165, 1.54) is 32.1 Å². The van der Waals surface area contributed by atoms with E-state index in [1.54, 1.807) is 13.3 Å². The second kappa shape index (κ2) is 6.97. The van der Waals surface area contributed by atoms with E-state index in [-0.39, 0.29) is 0 Å². The van der Waals surface area contributed by atoms with Crippen molar-refractivity contribution >= 4 is 5.96 Å². The van der Waals surface area contributed by atoms with Gasteiger partial charge in [-0.05, 0) is 24.5 Å². The van der Waals surface area contributed by atoms with E-state index < -0.39 is 0 Å². The smallest absolute Gasteiger partial charge is 0.213 e. The summed E-state index contributed by atoms with van der Waals surface area (Å²) in [5.41, 5.74) is 6.96. The van der Waals surface area contributed by atoms with Crippen molar-refractivity contribution in [1.82, 2.24) is 10.3 Å². The van der Waals surface area contributed by atoms with Gasteiger partial charge in [-0.2, -0.15) is 0 Å². The average molecular weight is 262 g/mol. The predicted octanol–water partition coefficient (Wildman–Crippen LogP) is 1.83. The molecule has 0 bridgehead atoms. The number of rotatable bonds is 4. The van der Waals surface area contributed by atoms with Crippen LogP contribution in [0.25, 0.3) is 0 Å². The summed E-state index contributed by atoms with van der Waals surface area (Å²) in [5.74, 6) is 1.13. The van der Waals surface area contributed by atoms with Crippen LogP contribution >= 0.6 is 0 Å². The zero-order chi connectivity index (χ0) is 13.5. The molecule has 3 N–H and O–H groups in total. The Labute approximate surface area is 114 Å². The third-order valence-electron chi connectivity index (χ3n) is 3.40. The standard InChI is InChI=1S/C14H22N4O/c1-19-13-9-11(7-8-16-13)10-17-14(15)18-12-5-3-2-4-6-12/h7-9,12H,2-6,10H2,1H3,(H3,15,17,18). The molecular weight excluding hydrogens is 240 g/mol. The molecule has 1 saturated carbocycles. The molecule has 1 aromatic heterocycles. The van der Waals surface area contributed by atoms with Gasteiger partial charge >= 0.3 is 0 Å². The number of aliphatic imine (C=N–C) groups is 1. The van der Waals surface area contributed by atoms with Crippen molar-refractivity contribution in [3.8, 4) is 5.88 Å². The second-order valence-corrected chi connectivity index (χ2v) is 4.89. The molecule has 104 valence electrons. The lowest BCUT2D eigenvalue weighted by Gasteiger charge is -2.23. The van der Waals surface area contributed by atoms with E-state index in [1.807, 2.05) is 12.1 Å². The van der Waals surface area contributed by atoms with Gasteiger partial charge in [-0.3, -0.25) is 0 Å². The van der Waals surface area contributed by atoms with Crippen molar-refractivity contribution in [2.75, 3.05) is 7.11 Å². The van der Waals surface area contributed by atoms with Gasteiger partial charge in [-0.25, -0.2) is 9.98 Å². The first-order valence-electron chi connectivity index (χ1n) is 6.83. The van der Waals surface area contributed by atoms with E-state index >= 15 is 0 Å². The molecule has 0 atom stereocenters. The summed E-state index contributed by atoms with van der Waals surface area (Å²) in [6.07, 6.45) is 8.01. The van der Waals surface area contributed by atoms with Crippen molar-refractivity contribution in [2.24, 2.45) is 10.7 Å². The summed E-state index contributed by atoms with van der Waals surface area (Å²) in [7, 11) is 1.61. The van der Waals surface area contributed by atoms with Crippen LogP contribution in [0.4, 0.5) is 0 Å². The maximum absolute atomic E-state index is 5.91. The van der Waals surface area contributed by atoms with Crippen molar-refractivity contribution in [1.29, 1.82) is 0 Å². The molecule has 1 heterocycles. The molecular formula is C14H22N4O. The first-order valence-corrected chi connectivity index (χ1v) is 6.83. The molecule has 5 nitrogen and oxygen atoms in total. The molecule has 1 fully saturated rings. The Hall–Kier alpha value is -1.78. The zero-order valence-electron chi connectivity index (χ0n) is 11.4. The minimum Gasteiger partial charge on any atom is -0.481 e. The normalized spacial score (nSPS) is 17.2. The Morgan fingerprint density at radius 1 is 1.47 bits per heavy atom. The van der Waals surface area contributed by atoms with Gasteiger partial charge in [-0.1, -0.05) is 19.3 Å². The SMILES string of the molecule is COc1cc(CN=C(N)NC2CCCCC2)ccn1. The fourth-order valence-corrected chi connectivity index (χ4v) is 2.34. The highest BCUT2D eigenvalue weighted by Crippen LogP contribution is 2.17. The minimum absolute atomic E-state index is 0.490. The number of nitrogens with zero attached hydrogens (tertiary/aromatic N) is 2. The van der Waals surface area contributed by atoms with Crippen LogP contribution < -0.4 is 15.8 Å². The summed E-state index contributed by atoms with van der Waals surface area (Å²) in [4.78, 5) is 8.42. The molecule has 0 amide bonds. The Morgan fingerprint density at radius 2 is 2.26 bits per heavy atom. The number of pyridine rings is 1. The highest BCUT2D eigenvalue weighted by molar-refractivity contribution is 5.78. The highest BCUT2D eigenvalue weighted by atomic mass is 16.5. The Bertz CT molecular complexity index is 427. The number of hydrogen-bond acceptors (Lipinski definition) is 3. The van der Waals surface area contributed by atoms with Gasteiger partial charge in [0.1, 0.15) is 0 Å². The Balaban J connectivity index is 1.86. The minimum atomic E-state index is 0.490. The van der Waals surface area contributed by atoms with Crippen LogP contribution in [0.15, 0.2) is 23.3 Å². The number of nitrogens with two attached hydrogens (primary N) is 1. The van der Waals surface area contributed by atoms with Gasteiger partial charge in [0.15, 0.2) is 5.96 Å². The van der Waals surface area contributed by atoms with Crippen LogP contribution in [-0.2, 0) is 6.54 Å². The van der Waals surface area contributed by atoms with Gasteiger partial charge in [0, 0.05) is 18.3 Å². The molecule has 1 aliphatic rings. The van der Waals surface area contributed by atoms with Crippen molar-refractivity contribution in [3.05, 3.63) is 23.9 Å². The number of guanidine groups is 1. The largest absolute Gasteiger partial charge is 0.481 e. The van der Waals surface area contributed by atoms with Crippen LogP contribution in [-0.4, -0.2) is 24.1 Å². The molecule has 1 aliphatic carbocycles. The lowest BCUT2D eigenvalue weighted by Crippen LogP contribution is -2.41. The number of nitrogens with one attached hydrogen (secondary N) is 1. The van der Waals surface area contributed by atoms with Crippen LogP contribution in [0.2, 0.25) is 0 Å². The van der Waals surface area contributed by atoms with Gasteiger partial charge in [0.25, 0.3) is 0 Å². The van der Waals surface area contributed by atoms with Crippen molar-refractivity contribution in [2.45, 2.75) is 44.7 Å². The van der Waals surface area contributed by atoms with Gasteiger partial charge in [0.05, 0.1) is 13.7 Å². The molecule has 1 aromatic rings. The number of ether oxygens (including phenoxy) is 1. The fraction of sp³-hybridized carbons (Fsp3) is 0.571. The molecule has 0 unspecified atom stereocenters. The third kappa shape index (κ3) is 4.43. The Morgan fingerprint density at radius 3 is 3.00 bits per heavy atom. The number of methoxy groups -OCH3 is 1. The molecule has 0 spiro atoms. The van der Waals surface area contributed by atoms with Gasteiger partial charge in [-0.15, -0.1) is 0 Å². The first kappa shape index (κ1) is 13.6. The van der Waals surface area contributed by atoms with E-state index in [0.29, 0.717) is 24.4 Å². The second-order valence-electron chi connectivity index (χ2n) is 4.89. The van der Waals surface area contributed by atoms with Crippen LogP contribution in [0.3, 0.4) is 0 Å². The molecule has 2 rings (SSSR count). The summed E-state index contributed by atoms with van der Waals surface area (Å²) in [6, 6.07) is 4.28. The number of hydrogen-bond donors (Lipinski definition) is 2. The van der Waals surface area contributed by atoms with Crippen molar-refractivity contribution < 1.29 is 4.74 Å².